The SMILES string of the molecule is O=c1cc(-c2ccc(O)cc2)oc2c(OC3OC[C@H](O)[C@H](O)[C@H]3O)c(O)c(OC3O[C@H](CO)[C@@H](O)[C@H](O)[C@H]3O)c(O)c12. The largest absolute Gasteiger partial charge is 0.508 e. The van der Waals surface area contributed by atoms with Crippen molar-refractivity contribution in [2.45, 2.75) is 55.3 Å². The number of hydrogen-bond acceptors (Lipinski definition) is 16. The first-order valence-electron chi connectivity index (χ1n) is 12.6. The Bertz CT molecular complexity index is 1490. The van der Waals surface area contributed by atoms with Gasteiger partial charge >= 0.3 is 0 Å². The molecule has 5 rings (SSSR count). The van der Waals surface area contributed by atoms with Gasteiger partial charge in [0.2, 0.25) is 29.8 Å². The minimum absolute atomic E-state index is 0.0830. The van der Waals surface area contributed by atoms with Crippen LogP contribution in [0, 0.1) is 0 Å². The van der Waals surface area contributed by atoms with E-state index in [1.165, 1.54) is 24.3 Å². The summed E-state index contributed by atoms with van der Waals surface area (Å²) in [6.07, 6.45) is -15.8. The highest BCUT2D eigenvalue weighted by Gasteiger charge is 2.46. The van der Waals surface area contributed by atoms with E-state index >= 15 is 0 Å². The molecule has 3 heterocycles. The van der Waals surface area contributed by atoms with Gasteiger partial charge in [-0.2, -0.15) is 0 Å². The van der Waals surface area contributed by atoms with Gasteiger partial charge in [-0.1, -0.05) is 0 Å². The van der Waals surface area contributed by atoms with E-state index in [-0.39, 0.29) is 17.1 Å². The van der Waals surface area contributed by atoms with E-state index in [2.05, 4.69) is 0 Å². The van der Waals surface area contributed by atoms with E-state index in [4.69, 9.17) is 23.4 Å². The van der Waals surface area contributed by atoms with E-state index in [0.29, 0.717) is 0 Å². The van der Waals surface area contributed by atoms with E-state index in [1.807, 2.05) is 0 Å². The zero-order valence-electron chi connectivity index (χ0n) is 21.4. The van der Waals surface area contributed by atoms with Crippen molar-refractivity contribution in [1.82, 2.24) is 0 Å². The predicted molar refractivity (Wildman–Crippen MR) is 136 cm³/mol. The molecule has 16 nitrogen and oxygen atoms in total. The third-order valence-corrected chi connectivity index (χ3v) is 6.96. The molecule has 16 heteroatoms. The van der Waals surface area contributed by atoms with Gasteiger partial charge < -0.3 is 74.4 Å². The van der Waals surface area contributed by atoms with Gasteiger partial charge in [0.25, 0.3) is 0 Å². The van der Waals surface area contributed by atoms with Crippen molar-refractivity contribution in [3.63, 3.8) is 0 Å². The van der Waals surface area contributed by atoms with Crippen LogP contribution in [-0.4, -0.2) is 120 Å². The summed E-state index contributed by atoms with van der Waals surface area (Å²) in [6.45, 7) is -1.32. The van der Waals surface area contributed by atoms with Gasteiger partial charge in [0.15, 0.2) is 16.8 Å². The lowest BCUT2D eigenvalue weighted by Crippen LogP contribution is -2.60. The maximum absolute atomic E-state index is 13.3. The fraction of sp³-hybridized carbons (Fsp3) is 0.423. The lowest BCUT2D eigenvalue weighted by molar-refractivity contribution is -0.277. The summed E-state index contributed by atoms with van der Waals surface area (Å²) in [7, 11) is 0. The minimum Gasteiger partial charge on any atom is -0.508 e. The number of hydrogen-bond donors (Lipinski definition) is 10. The molecule has 2 unspecified atom stereocenters. The highest BCUT2D eigenvalue weighted by atomic mass is 16.7. The number of aromatic hydroxyl groups is 3. The lowest BCUT2D eigenvalue weighted by atomic mass is 9.99. The van der Waals surface area contributed by atoms with Crippen molar-refractivity contribution in [1.29, 1.82) is 0 Å². The third-order valence-electron chi connectivity index (χ3n) is 6.96. The maximum atomic E-state index is 13.3. The summed E-state index contributed by atoms with van der Waals surface area (Å²) >= 11 is 0. The first-order valence-corrected chi connectivity index (χ1v) is 12.6. The molecule has 2 aliphatic rings. The first kappa shape index (κ1) is 29.8. The number of aliphatic hydroxyl groups is 7. The third kappa shape index (κ3) is 5.19. The van der Waals surface area contributed by atoms with Gasteiger partial charge in [-0.25, -0.2) is 0 Å². The molecule has 0 saturated carbocycles. The van der Waals surface area contributed by atoms with E-state index in [0.717, 1.165) is 6.07 Å². The topological polar surface area (TPSA) is 269 Å². The number of aliphatic hydroxyl groups excluding tert-OH is 7. The fourth-order valence-corrected chi connectivity index (χ4v) is 4.58. The quantitative estimate of drug-likeness (QED) is 0.142. The Morgan fingerprint density at radius 1 is 0.786 bits per heavy atom. The van der Waals surface area contributed by atoms with Crippen LogP contribution in [0.4, 0.5) is 0 Å². The molecule has 0 spiro atoms. The number of phenolic OH excluding ortho intramolecular Hbond substituents is 3. The summed E-state index contributed by atoms with van der Waals surface area (Å²) in [5.41, 5.74) is -1.20. The number of ether oxygens (including phenoxy) is 4. The van der Waals surface area contributed by atoms with E-state index in [1.54, 1.807) is 0 Å². The van der Waals surface area contributed by atoms with Crippen LogP contribution in [0.5, 0.6) is 28.7 Å². The zero-order chi connectivity index (χ0) is 30.5. The van der Waals surface area contributed by atoms with Crippen molar-refractivity contribution in [3.8, 4) is 40.1 Å². The monoisotopic (exact) mass is 596 g/mol. The average Bonchev–Trinajstić information content (AvgIpc) is 2.97. The van der Waals surface area contributed by atoms with Gasteiger partial charge in [-0.3, -0.25) is 4.79 Å². The van der Waals surface area contributed by atoms with Crippen molar-refractivity contribution in [3.05, 3.63) is 40.6 Å². The number of benzene rings is 2. The maximum Gasteiger partial charge on any atom is 0.229 e. The Hall–Kier alpha value is -3.71. The molecule has 0 amide bonds. The highest BCUT2D eigenvalue weighted by molar-refractivity contribution is 5.95. The molecule has 228 valence electrons. The molecule has 2 fully saturated rings. The van der Waals surface area contributed by atoms with Crippen LogP contribution in [0.25, 0.3) is 22.3 Å². The summed E-state index contributed by atoms with van der Waals surface area (Å²) in [4.78, 5) is 13.3. The molecule has 10 N–H and O–H groups in total. The molecule has 2 aliphatic heterocycles. The molecule has 2 saturated heterocycles. The Morgan fingerprint density at radius 2 is 1.43 bits per heavy atom. The van der Waals surface area contributed by atoms with Crippen LogP contribution >= 0.6 is 0 Å². The van der Waals surface area contributed by atoms with Crippen LogP contribution in [0.15, 0.2) is 39.5 Å². The molecule has 0 radical (unpaired) electrons. The lowest BCUT2D eigenvalue weighted by Gasteiger charge is -2.39. The summed E-state index contributed by atoms with van der Waals surface area (Å²) in [5, 5.41) is 102. The molecule has 0 bridgehead atoms. The molecule has 9 atom stereocenters. The Morgan fingerprint density at radius 3 is 2.10 bits per heavy atom. The molecule has 2 aromatic carbocycles. The van der Waals surface area contributed by atoms with E-state index in [9.17, 15) is 55.9 Å². The predicted octanol–water partition coefficient (Wildman–Crippen LogP) is -2.43. The smallest absolute Gasteiger partial charge is 0.229 e. The molecule has 0 aliphatic carbocycles. The molecular weight excluding hydrogens is 568 g/mol. The van der Waals surface area contributed by atoms with Crippen LogP contribution in [0.2, 0.25) is 0 Å². The second-order valence-electron chi connectivity index (χ2n) is 9.76. The zero-order valence-corrected chi connectivity index (χ0v) is 21.4. The van der Waals surface area contributed by atoms with Crippen LogP contribution in [-0.2, 0) is 9.47 Å². The minimum atomic E-state index is -1.98. The fourth-order valence-electron chi connectivity index (χ4n) is 4.58. The van der Waals surface area contributed by atoms with Gasteiger partial charge in [0.1, 0.15) is 59.6 Å². The number of rotatable bonds is 6. The average molecular weight is 596 g/mol. The normalized spacial score (nSPS) is 31.6. The molecular formula is C26H28O16. The highest BCUT2D eigenvalue weighted by Crippen LogP contribution is 2.51. The Labute approximate surface area is 235 Å². The van der Waals surface area contributed by atoms with Crippen molar-refractivity contribution in [2.24, 2.45) is 0 Å². The molecule has 3 aromatic rings. The first-order chi connectivity index (χ1) is 19.9. The summed E-state index contributed by atoms with van der Waals surface area (Å²) in [6, 6.07) is 6.40. The number of phenols is 3. The number of fused-ring (bicyclic) bond motifs is 1. The van der Waals surface area contributed by atoms with Crippen LogP contribution in [0.3, 0.4) is 0 Å². The molecule has 1 aromatic heterocycles. The Kier molecular flexibility index (Phi) is 8.17. The van der Waals surface area contributed by atoms with Crippen molar-refractivity contribution in [2.75, 3.05) is 13.2 Å². The second kappa shape index (κ2) is 11.5. The summed E-state index contributed by atoms with van der Waals surface area (Å²) in [5.74, 6) is -4.00. The van der Waals surface area contributed by atoms with Crippen molar-refractivity contribution < 1.29 is 74.4 Å². The Balaban J connectivity index is 1.66. The van der Waals surface area contributed by atoms with Gasteiger partial charge in [0.05, 0.1) is 13.2 Å². The van der Waals surface area contributed by atoms with Gasteiger partial charge in [-0.15, -0.1) is 0 Å². The van der Waals surface area contributed by atoms with Crippen LogP contribution < -0.4 is 14.9 Å². The second-order valence-corrected chi connectivity index (χ2v) is 9.76. The van der Waals surface area contributed by atoms with Crippen molar-refractivity contribution >= 4 is 11.0 Å². The van der Waals surface area contributed by atoms with Crippen LogP contribution in [0.1, 0.15) is 0 Å². The van der Waals surface area contributed by atoms with E-state index < -0.39 is 108 Å². The van der Waals surface area contributed by atoms with Gasteiger partial charge in [-0.05, 0) is 24.3 Å². The molecule has 42 heavy (non-hydrogen) atoms. The standard InChI is InChI=1S/C26H28O16/c27-6-13-16(32)18(34)20(36)26(40-13)41-23-17(33)14-10(29)5-12(8-1-3-9(28)4-2-8)39-22(14)24(21(23)37)42-25-19(35)15(31)11(30)7-38-25/h1-5,11,13,15-16,18-20,25-28,30-37H,6-7H2/t11-,13+,15-,16+,18-,19+,20+,25?,26?/m0/s1. The van der Waals surface area contributed by atoms with Gasteiger partial charge in [0, 0.05) is 11.6 Å². The summed E-state index contributed by atoms with van der Waals surface area (Å²) < 4.78 is 27.3.